The summed E-state index contributed by atoms with van der Waals surface area (Å²) >= 11 is 0. The van der Waals surface area contributed by atoms with Crippen LogP contribution >= 0.6 is 0 Å². The fraction of sp³-hybridized carbons (Fsp3) is 0.741. The molecule has 2 N–H and O–H groups in total. The van der Waals surface area contributed by atoms with E-state index < -0.39 is 0 Å². The standard InChI is InChI=1S/C27H41N5O4/c1-18(17-35-2)29-27-28-16-25-23(15-24(32(25)30-27)20-7-9-22(33)10-8-20)19-3-5-21(6-4-19)26(34)31-11-13-36-14-12-31/h15-16,18-22,33H,3-14,17H2,1-2H3,(H,29,30)/t18-,19-,20-,21+,22-/m0/s1. The van der Waals surface area contributed by atoms with Crippen LogP contribution in [0.1, 0.15) is 81.4 Å². The Kier molecular flexibility index (Phi) is 8.08. The zero-order valence-electron chi connectivity index (χ0n) is 21.7. The number of amides is 1. The quantitative estimate of drug-likeness (QED) is 0.603. The first kappa shape index (κ1) is 25.4. The summed E-state index contributed by atoms with van der Waals surface area (Å²) in [5, 5.41) is 18.3. The molecule has 2 aromatic heterocycles. The molecule has 3 fully saturated rings. The van der Waals surface area contributed by atoms with Crippen molar-refractivity contribution in [3.8, 4) is 0 Å². The second-order valence-electron chi connectivity index (χ2n) is 10.9. The van der Waals surface area contributed by atoms with Gasteiger partial charge >= 0.3 is 0 Å². The van der Waals surface area contributed by atoms with Crippen LogP contribution in [-0.2, 0) is 14.3 Å². The molecule has 9 heteroatoms. The zero-order chi connectivity index (χ0) is 25.1. The number of nitrogens with one attached hydrogen (secondary N) is 1. The minimum absolute atomic E-state index is 0.107. The van der Waals surface area contributed by atoms with E-state index in [9.17, 15) is 9.90 Å². The van der Waals surface area contributed by atoms with Gasteiger partial charge in [-0.25, -0.2) is 9.50 Å². The Labute approximate surface area is 213 Å². The first-order valence-electron chi connectivity index (χ1n) is 13.7. The monoisotopic (exact) mass is 499 g/mol. The molecule has 0 spiro atoms. The molecule has 5 rings (SSSR count). The highest BCUT2D eigenvalue weighted by molar-refractivity contribution is 5.79. The van der Waals surface area contributed by atoms with Crippen LogP contribution in [0.15, 0.2) is 12.3 Å². The molecule has 0 unspecified atom stereocenters. The molecule has 3 heterocycles. The summed E-state index contributed by atoms with van der Waals surface area (Å²) in [6, 6.07) is 2.46. The van der Waals surface area contributed by atoms with Crippen LogP contribution < -0.4 is 5.32 Å². The summed E-state index contributed by atoms with van der Waals surface area (Å²) < 4.78 is 12.8. The van der Waals surface area contributed by atoms with Gasteiger partial charge in [0.1, 0.15) is 0 Å². The second kappa shape index (κ2) is 11.4. The lowest BCUT2D eigenvalue weighted by molar-refractivity contribution is -0.140. The molecule has 9 nitrogen and oxygen atoms in total. The topological polar surface area (TPSA) is 101 Å². The van der Waals surface area contributed by atoms with Crippen molar-refractivity contribution in [2.24, 2.45) is 5.92 Å². The minimum atomic E-state index is -0.187. The third-order valence-electron chi connectivity index (χ3n) is 8.32. The fourth-order valence-corrected chi connectivity index (χ4v) is 6.30. The molecule has 198 valence electrons. The van der Waals surface area contributed by atoms with E-state index in [0.29, 0.717) is 43.5 Å². The molecule has 1 saturated heterocycles. The molecule has 1 atom stereocenters. The number of fused-ring (bicyclic) bond motifs is 1. The Hall–Kier alpha value is -2.23. The van der Waals surface area contributed by atoms with Gasteiger partial charge in [0.2, 0.25) is 11.9 Å². The maximum absolute atomic E-state index is 13.0. The minimum Gasteiger partial charge on any atom is -0.393 e. The van der Waals surface area contributed by atoms with Gasteiger partial charge in [0, 0.05) is 43.8 Å². The molecule has 0 radical (unpaired) electrons. The maximum Gasteiger partial charge on any atom is 0.241 e. The third-order valence-corrected chi connectivity index (χ3v) is 8.32. The predicted octanol–water partition coefficient (Wildman–Crippen LogP) is 3.33. The van der Waals surface area contributed by atoms with Gasteiger partial charge in [-0.2, -0.15) is 0 Å². The number of rotatable bonds is 7. The number of methoxy groups -OCH3 is 1. The number of carbonyl (C=O) groups is 1. The van der Waals surface area contributed by atoms with Crippen molar-refractivity contribution in [2.45, 2.75) is 82.3 Å². The summed E-state index contributed by atoms with van der Waals surface area (Å²) in [6.07, 6.45) is 9.26. The molecule has 2 aromatic rings. The Morgan fingerprint density at radius 1 is 1.14 bits per heavy atom. The summed E-state index contributed by atoms with van der Waals surface area (Å²) in [7, 11) is 1.69. The number of ether oxygens (including phenoxy) is 2. The summed E-state index contributed by atoms with van der Waals surface area (Å²) in [6.45, 7) is 5.38. The number of nitrogens with zero attached hydrogens (tertiary/aromatic N) is 4. The average Bonchev–Trinajstić information content (AvgIpc) is 3.28. The lowest BCUT2D eigenvalue weighted by atomic mass is 9.78. The van der Waals surface area contributed by atoms with Gasteiger partial charge < -0.3 is 24.8 Å². The van der Waals surface area contributed by atoms with Gasteiger partial charge in [-0.3, -0.25) is 4.79 Å². The fourth-order valence-electron chi connectivity index (χ4n) is 6.30. The molecule has 2 saturated carbocycles. The molecular weight excluding hydrogens is 458 g/mol. The van der Waals surface area contributed by atoms with Crippen LogP contribution in [0.25, 0.3) is 5.52 Å². The predicted molar refractivity (Wildman–Crippen MR) is 137 cm³/mol. The van der Waals surface area contributed by atoms with Gasteiger partial charge in [-0.05, 0) is 75.8 Å². The number of aliphatic hydroxyl groups excluding tert-OH is 1. The second-order valence-corrected chi connectivity index (χ2v) is 10.9. The zero-order valence-corrected chi connectivity index (χ0v) is 21.7. The number of hydrogen-bond donors (Lipinski definition) is 2. The smallest absolute Gasteiger partial charge is 0.241 e. The molecule has 0 bridgehead atoms. The number of carbonyl (C=O) groups excluding carboxylic acids is 1. The van der Waals surface area contributed by atoms with Gasteiger partial charge in [0.05, 0.1) is 37.6 Å². The van der Waals surface area contributed by atoms with Crippen LogP contribution in [0.3, 0.4) is 0 Å². The van der Waals surface area contributed by atoms with Gasteiger partial charge in [-0.1, -0.05) is 0 Å². The average molecular weight is 500 g/mol. The van der Waals surface area contributed by atoms with E-state index in [-0.39, 0.29) is 18.1 Å². The number of hydrogen-bond acceptors (Lipinski definition) is 7. The normalized spacial score (nSPS) is 28.2. The summed E-state index contributed by atoms with van der Waals surface area (Å²) in [4.78, 5) is 19.7. The highest BCUT2D eigenvalue weighted by Gasteiger charge is 2.33. The van der Waals surface area contributed by atoms with E-state index in [1.807, 2.05) is 11.1 Å². The summed E-state index contributed by atoms with van der Waals surface area (Å²) in [5.74, 6) is 1.83. The molecule has 36 heavy (non-hydrogen) atoms. The number of anilines is 1. The van der Waals surface area contributed by atoms with Crippen LogP contribution in [0.4, 0.5) is 5.95 Å². The van der Waals surface area contributed by atoms with E-state index >= 15 is 0 Å². The van der Waals surface area contributed by atoms with Crippen molar-refractivity contribution >= 4 is 17.4 Å². The van der Waals surface area contributed by atoms with Crippen molar-refractivity contribution in [2.75, 3.05) is 45.3 Å². The van der Waals surface area contributed by atoms with E-state index in [1.165, 1.54) is 11.3 Å². The highest BCUT2D eigenvalue weighted by atomic mass is 16.5. The Morgan fingerprint density at radius 3 is 2.53 bits per heavy atom. The molecule has 0 aromatic carbocycles. The van der Waals surface area contributed by atoms with Crippen LogP contribution in [0.2, 0.25) is 0 Å². The lowest BCUT2D eigenvalue weighted by Crippen LogP contribution is -2.44. The number of aliphatic hydroxyl groups is 1. The van der Waals surface area contributed by atoms with E-state index in [1.54, 1.807) is 7.11 Å². The SMILES string of the molecule is COC[C@H](C)Nc1ncc2c([C@H]3CC[C@@H](C(=O)N4CCOCC4)CC3)cc([C@H]3CC[C@H](O)CC3)n2n1. The van der Waals surface area contributed by atoms with Crippen LogP contribution in [-0.4, -0.2) is 82.7 Å². The first-order chi connectivity index (χ1) is 17.5. The van der Waals surface area contributed by atoms with Gasteiger partial charge in [-0.15, -0.1) is 5.10 Å². The molecule has 2 aliphatic carbocycles. The first-order valence-corrected chi connectivity index (χ1v) is 13.7. The van der Waals surface area contributed by atoms with Crippen molar-refractivity contribution in [3.63, 3.8) is 0 Å². The third kappa shape index (κ3) is 5.53. The van der Waals surface area contributed by atoms with Crippen LogP contribution in [0.5, 0.6) is 0 Å². The Morgan fingerprint density at radius 2 is 1.83 bits per heavy atom. The van der Waals surface area contributed by atoms with Crippen molar-refractivity contribution in [1.29, 1.82) is 0 Å². The molecule has 1 aliphatic heterocycles. The lowest BCUT2D eigenvalue weighted by Gasteiger charge is -2.34. The van der Waals surface area contributed by atoms with E-state index in [2.05, 4.69) is 27.8 Å². The van der Waals surface area contributed by atoms with E-state index in [4.69, 9.17) is 14.6 Å². The molecule has 1 amide bonds. The van der Waals surface area contributed by atoms with Gasteiger partial charge in [0.25, 0.3) is 0 Å². The number of aromatic nitrogens is 3. The Balaban J connectivity index is 1.36. The Bertz CT molecular complexity index is 1020. The maximum atomic E-state index is 13.0. The van der Waals surface area contributed by atoms with Crippen molar-refractivity contribution in [1.82, 2.24) is 19.5 Å². The van der Waals surface area contributed by atoms with E-state index in [0.717, 1.165) is 70.0 Å². The largest absolute Gasteiger partial charge is 0.393 e. The highest BCUT2D eigenvalue weighted by Crippen LogP contribution is 2.42. The van der Waals surface area contributed by atoms with Crippen molar-refractivity contribution in [3.05, 3.63) is 23.5 Å². The van der Waals surface area contributed by atoms with Crippen molar-refractivity contribution < 1.29 is 19.4 Å². The molecular formula is C27H41N5O4. The van der Waals surface area contributed by atoms with Gasteiger partial charge in [0.15, 0.2) is 0 Å². The van der Waals surface area contributed by atoms with Crippen LogP contribution in [0, 0.1) is 5.92 Å². The number of morpholine rings is 1. The summed E-state index contributed by atoms with van der Waals surface area (Å²) in [5.41, 5.74) is 3.61. The molecule has 3 aliphatic rings.